The number of nitrogens with one attached hydrogen (secondary N) is 1. The van der Waals surface area contributed by atoms with Gasteiger partial charge in [-0.05, 0) is 5.56 Å². The van der Waals surface area contributed by atoms with Crippen LogP contribution in [0.3, 0.4) is 0 Å². The van der Waals surface area contributed by atoms with Gasteiger partial charge < -0.3 is 10.1 Å². The molecule has 8 heteroatoms. The number of pyridine rings is 1. The molecular weight excluding hydrogens is 304 g/mol. The van der Waals surface area contributed by atoms with E-state index in [1.807, 2.05) is 0 Å². The third-order valence-corrected chi connectivity index (χ3v) is 3.82. The fourth-order valence-corrected chi connectivity index (χ4v) is 2.57. The van der Waals surface area contributed by atoms with E-state index in [-0.39, 0.29) is 17.7 Å². The van der Waals surface area contributed by atoms with Crippen molar-refractivity contribution < 1.29 is 9.53 Å². The van der Waals surface area contributed by atoms with Crippen molar-refractivity contribution in [3.05, 3.63) is 57.6 Å². The molecule has 0 aliphatic carbocycles. The number of hydrogen-bond acceptors (Lipinski definition) is 6. The third-order valence-electron chi connectivity index (χ3n) is 3.05. The van der Waals surface area contributed by atoms with Gasteiger partial charge in [0.15, 0.2) is 4.96 Å². The van der Waals surface area contributed by atoms with Gasteiger partial charge >= 0.3 is 0 Å². The van der Waals surface area contributed by atoms with Gasteiger partial charge in [0.05, 0.1) is 7.11 Å². The van der Waals surface area contributed by atoms with E-state index in [9.17, 15) is 9.59 Å². The molecule has 0 spiro atoms. The van der Waals surface area contributed by atoms with Gasteiger partial charge in [0, 0.05) is 36.6 Å². The normalized spacial score (nSPS) is 10.6. The molecule has 1 N–H and O–H groups in total. The fourth-order valence-electron chi connectivity index (χ4n) is 1.89. The zero-order chi connectivity index (χ0) is 15.5. The highest BCUT2D eigenvalue weighted by Gasteiger charge is 2.13. The first-order valence-corrected chi connectivity index (χ1v) is 7.29. The first kappa shape index (κ1) is 14.2. The highest BCUT2D eigenvalue weighted by Crippen LogP contribution is 2.07. The van der Waals surface area contributed by atoms with Crippen molar-refractivity contribution in [2.45, 2.75) is 6.54 Å². The maximum Gasteiger partial charge on any atom is 0.271 e. The number of amides is 1. The maximum absolute atomic E-state index is 12.2. The molecule has 0 unspecified atom stereocenters. The second-order valence-electron chi connectivity index (χ2n) is 4.42. The Balaban J connectivity index is 1.75. The highest BCUT2D eigenvalue weighted by atomic mass is 32.1. The Morgan fingerprint density at radius 3 is 2.95 bits per heavy atom. The van der Waals surface area contributed by atoms with Crippen LogP contribution in [-0.4, -0.2) is 27.4 Å². The first-order valence-electron chi connectivity index (χ1n) is 6.41. The van der Waals surface area contributed by atoms with Crippen molar-refractivity contribution in [3.8, 4) is 5.88 Å². The monoisotopic (exact) mass is 316 g/mol. The maximum atomic E-state index is 12.2. The zero-order valence-electron chi connectivity index (χ0n) is 11.6. The van der Waals surface area contributed by atoms with Crippen molar-refractivity contribution in [3.63, 3.8) is 0 Å². The Morgan fingerprint density at radius 1 is 1.36 bits per heavy atom. The summed E-state index contributed by atoms with van der Waals surface area (Å²) in [6.45, 7) is 0.265. The van der Waals surface area contributed by atoms with Crippen molar-refractivity contribution in [1.82, 2.24) is 19.7 Å². The molecular formula is C14H12N4O3S. The largest absolute Gasteiger partial charge is 0.481 e. The molecule has 3 aromatic rings. The number of fused-ring (bicyclic) bond motifs is 1. The van der Waals surface area contributed by atoms with Gasteiger partial charge in [0.1, 0.15) is 5.56 Å². The molecule has 0 aliphatic heterocycles. The number of carbonyl (C=O) groups excluding carboxylic acids is 1. The van der Waals surface area contributed by atoms with Crippen molar-refractivity contribution in [2.75, 3.05) is 7.11 Å². The Hall–Kier alpha value is -2.74. The summed E-state index contributed by atoms with van der Waals surface area (Å²) in [5.74, 6) is 0.0364. The molecule has 0 atom stereocenters. The van der Waals surface area contributed by atoms with E-state index in [1.54, 1.807) is 29.9 Å². The highest BCUT2D eigenvalue weighted by molar-refractivity contribution is 7.15. The third kappa shape index (κ3) is 2.68. The molecule has 0 radical (unpaired) electrons. The smallest absolute Gasteiger partial charge is 0.271 e. The van der Waals surface area contributed by atoms with Gasteiger partial charge in [-0.25, -0.2) is 9.97 Å². The average Bonchev–Trinajstić information content (AvgIpc) is 3.03. The predicted molar refractivity (Wildman–Crippen MR) is 81.3 cm³/mol. The molecule has 1 amide bonds. The van der Waals surface area contributed by atoms with Crippen LogP contribution >= 0.6 is 11.3 Å². The molecule has 0 fully saturated rings. The quantitative estimate of drug-likeness (QED) is 0.779. The van der Waals surface area contributed by atoms with Crippen molar-refractivity contribution in [1.29, 1.82) is 0 Å². The Kier molecular flexibility index (Phi) is 3.84. The minimum Gasteiger partial charge on any atom is -0.481 e. The predicted octanol–water partition coefficient (Wildman–Crippen LogP) is 1.09. The summed E-state index contributed by atoms with van der Waals surface area (Å²) in [6, 6.07) is 3.49. The van der Waals surface area contributed by atoms with Gasteiger partial charge in [-0.3, -0.25) is 14.0 Å². The van der Waals surface area contributed by atoms with E-state index < -0.39 is 5.91 Å². The van der Waals surface area contributed by atoms with Crippen LogP contribution in [0.2, 0.25) is 0 Å². The van der Waals surface area contributed by atoms with Gasteiger partial charge in [0.25, 0.3) is 11.5 Å². The molecule has 3 rings (SSSR count). The van der Waals surface area contributed by atoms with Gasteiger partial charge in [-0.15, -0.1) is 11.3 Å². The van der Waals surface area contributed by atoms with Crippen LogP contribution in [0.5, 0.6) is 5.88 Å². The lowest BCUT2D eigenvalue weighted by molar-refractivity contribution is 0.0949. The van der Waals surface area contributed by atoms with Crippen LogP contribution < -0.4 is 15.6 Å². The average molecular weight is 316 g/mol. The van der Waals surface area contributed by atoms with E-state index >= 15 is 0 Å². The van der Waals surface area contributed by atoms with Crippen LogP contribution in [0.4, 0.5) is 0 Å². The Morgan fingerprint density at radius 2 is 2.23 bits per heavy atom. The Labute approximate surface area is 129 Å². The van der Waals surface area contributed by atoms with Crippen LogP contribution in [0.15, 0.2) is 40.9 Å². The SMILES string of the molecule is COc1ccc(CNC(=O)c2cnc3sccn3c2=O)cn1. The number of rotatable bonds is 4. The molecule has 3 aromatic heterocycles. The minimum absolute atomic E-state index is 0.0115. The molecule has 0 saturated heterocycles. The molecule has 7 nitrogen and oxygen atoms in total. The molecule has 3 heterocycles. The Bertz CT molecular complexity index is 870. The number of nitrogens with zero attached hydrogens (tertiary/aromatic N) is 3. The van der Waals surface area contributed by atoms with Gasteiger partial charge in [0.2, 0.25) is 5.88 Å². The van der Waals surface area contributed by atoms with E-state index in [4.69, 9.17) is 4.74 Å². The summed E-state index contributed by atoms with van der Waals surface area (Å²) >= 11 is 1.34. The molecule has 0 bridgehead atoms. The van der Waals surface area contributed by atoms with Crippen LogP contribution in [0, 0.1) is 0 Å². The van der Waals surface area contributed by atoms with Crippen LogP contribution in [0.1, 0.15) is 15.9 Å². The number of hydrogen-bond donors (Lipinski definition) is 1. The number of thiazole rings is 1. The number of carbonyl (C=O) groups is 1. The van der Waals surface area contributed by atoms with E-state index in [2.05, 4.69) is 15.3 Å². The summed E-state index contributed by atoms with van der Waals surface area (Å²) in [7, 11) is 1.53. The molecule has 0 aliphatic rings. The van der Waals surface area contributed by atoms with Crippen molar-refractivity contribution in [2.24, 2.45) is 0 Å². The summed E-state index contributed by atoms with van der Waals surface area (Å²) in [5.41, 5.74) is 0.438. The van der Waals surface area contributed by atoms with Crippen LogP contribution in [-0.2, 0) is 6.54 Å². The molecule has 112 valence electrons. The zero-order valence-corrected chi connectivity index (χ0v) is 12.5. The number of aromatic nitrogens is 3. The second-order valence-corrected chi connectivity index (χ2v) is 5.30. The fraction of sp³-hybridized carbons (Fsp3) is 0.143. The summed E-state index contributed by atoms with van der Waals surface area (Å²) in [4.78, 5) is 33.0. The number of methoxy groups -OCH3 is 1. The van der Waals surface area contributed by atoms with Crippen LogP contribution in [0.25, 0.3) is 4.96 Å². The van der Waals surface area contributed by atoms with E-state index in [0.29, 0.717) is 10.8 Å². The summed E-state index contributed by atoms with van der Waals surface area (Å²) in [6.07, 6.45) is 4.50. The minimum atomic E-state index is -0.464. The molecule has 0 saturated carbocycles. The van der Waals surface area contributed by atoms with Crippen molar-refractivity contribution >= 4 is 22.2 Å². The summed E-state index contributed by atoms with van der Waals surface area (Å²) < 4.78 is 6.32. The topological polar surface area (TPSA) is 85.6 Å². The first-order chi connectivity index (χ1) is 10.7. The van der Waals surface area contributed by atoms with Gasteiger partial charge in [-0.1, -0.05) is 6.07 Å². The molecule has 0 aromatic carbocycles. The van der Waals surface area contributed by atoms with E-state index in [0.717, 1.165) is 5.56 Å². The van der Waals surface area contributed by atoms with E-state index in [1.165, 1.54) is 29.0 Å². The second kappa shape index (κ2) is 5.94. The van der Waals surface area contributed by atoms with Gasteiger partial charge in [-0.2, -0.15) is 0 Å². The summed E-state index contributed by atoms with van der Waals surface area (Å²) in [5, 5.41) is 4.43. The molecule has 22 heavy (non-hydrogen) atoms. The lowest BCUT2D eigenvalue weighted by atomic mass is 10.2. The lowest BCUT2D eigenvalue weighted by Gasteiger charge is -2.05. The lowest BCUT2D eigenvalue weighted by Crippen LogP contribution is -2.30. The standard InChI is InChI=1S/C14H12N4O3S/c1-21-11-3-2-9(6-15-11)7-16-12(19)10-8-17-14-18(13(10)20)4-5-22-14/h2-6,8H,7H2,1H3,(H,16,19). The number of ether oxygens (including phenoxy) is 1.